The Balaban J connectivity index is 2.34. The van der Waals surface area contributed by atoms with Crippen LogP contribution in [0.25, 0.3) is 0 Å². The second-order valence-electron chi connectivity index (χ2n) is 2.93. The van der Waals surface area contributed by atoms with Crippen molar-refractivity contribution in [2.75, 3.05) is 0 Å². The summed E-state index contributed by atoms with van der Waals surface area (Å²) in [6, 6.07) is 4.03. The molecule has 11 heavy (non-hydrogen) atoms. The number of fused-ring (bicyclic) bond motifs is 1. The van der Waals surface area contributed by atoms with Gasteiger partial charge in [0.15, 0.2) is 0 Å². The first-order valence-corrected chi connectivity index (χ1v) is 3.97. The number of hydrogen-bond donors (Lipinski definition) is 0. The van der Waals surface area contributed by atoms with Crippen molar-refractivity contribution in [3.05, 3.63) is 23.9 Å². The van der Waals surface area contributed by atoms with Crippen molar-refractivity contribution in [1.29, 1.82) is 0 Å². The molecular weight excluding hydrogens is 138 g/mol. The zero-order valence-electron chi connectivity index (χ0n) is 6.58. The molecule has 0 radical (unpaired) electrons. The van der Waals surface area contributed by atoms with Gasteiger partial charge in [-0.05, 0) is 25.8 Å². The molecule has 0 saturated carbocycles. The fraction of sp³-hybridized carbons (Fsp3) is 0.444. The van der Waals surface area contributed by atoms with E-state index >= 15 is 0 Å². The van der Waals surface area contributed by atoms with Crippen molar-refractivity contribution in [3.8, 4) is 5.88 Å². The molecule has 0 spiro atoms. The third-order valence-electron chi connectivity index (χ3n) is 1.98. The van der Waals surface area contributed by atoms with Gasteiger partial charge in [-0.1, -0.05) is 6.07 Å². The van der Waals surface area contributed by atoms with Crippen molar-refractivity contribution >= 4 is 0 Å². The molecule has 0 bridgehead atoms. The van der Waals surface area contributed by atoms with Crippen LogP contribution in [0.4, 0.5) is 0 Å². The minimum atomic E-state index is 0.331. The zero-order chi connectivity index (χ0) is 7.68. The fourth-order valence-electron chi connectivity index (χ4n) is 1.33. The molecule has 0 N–H and O–H groups in total. The Kier molecular flexibility index (Phi) is 1.53. The molecule has 2 heteroatoms. The average molecular weight is 149 g/mol. The van der Waals surface area contributed by atoms with Crippen LogP contribution < -0.4 is 4.74 Å². The maximum absolute atomic E-state index is 5.52. The lowest BCUT2D eigenvalue weighted by atomic mass is 10.1. The first-order valence-electron chi connectivity index (χ1n) is 3.97. The molecule has 0 amide bonds. The zero-order valence-corrected chi connectivity index (χ0v) is 6.58. The summed E-state index contributed by atoms with van der Waals surface area (Å²) in [7, 11) is 0. The smallest absolute Gasteiger partial charge is 0.216 e. The summed E-state index contributed by atoms with van der Waals surface area (Å²) in [5, 5.41) is 0. The van der Waals surface area contributed by atoms with Crippen LogP contribution in [0, 0.1) is 0 Å². The minimum absolute atomic E-state index is 0.331. The fourth-order valence-corrected chi connectivity index (χ4v) is 1.33. The highest BCUT2D eigenvalue weighted by molar-refractivity contribution is 5.27. The van der Waals surface area contributed by atoms with Crippen LogP contribution >= 0.6 is 0 Å². The van der Waals surface area contributed by atoms with Crippen LogP contribution in [0.2, 0.25) is 0 Å². The van der Waals surface area contributed by atoms with E-state index in [1.807, 2.05) is 6.07 Å². The monoisotopic (exact) mass is 149 g/mol. The van der Waals surface area contributed by atoms with E-state index in [0.29, 0.717) is 6.10 Å². The van der Waals surface area contributed by atoms with Crippen molar-refractivity contribution < 1.29 is 4.74 Å². The summed E-state index contributed by atoms with van der Waals surface area (Å²) in [5.41, 5.74) is 1.24. The lowest BCUT2D eigenvalue weighted by Crippen LogP contribution is -2.19. The van der Waals surface area contributed by atoms with E-state index in [1.54, 1.807) is 6.20 Å². The van der Waals surface area contributed by atoms with Crippen LogP contribution in [0.3, 0.4) is 0 Å². The Hall–Kier alpha value is -1.05. The summed E-state index contributed by atoms with van der Waals surface area (Å²) in [6.45, 7) is 2.08. The van der Waals surface area contributed by atoms with Gasteiger partial charge in [0.1, 0.15) is 0 Å². The number of hydrogen-bond acceptors (Lipinski definition) is 2. The molecule has 2 heterocycles. The summed E-state index contributed by atoms with van der Waals surface area (Å²) < 4.78 is 5.52. The predicted octanol–water partition coefficient (Wildman–Crippen LogP) is 1.80. The SMILES string of the molecule is CC1CCc2cccnc2O1. The van der Waals surface area contributed by atoms with Crippen molar-refractivity contribution in [2.45, 2.75) is 25.9 Å². The van der Waals surface area contributed by atoms with Crippen LogP contribution in [-0.4, -0.2) is 11.1 Å². The predicted molar refractivity (Wildman–Crippen MR) is 42.6 cm³/mol. The normalized spacial score (nSPS) is 22.1. The van der Waals surface area contributed by atoms with E-state index in [0.717, 1.165) is 18.7 Å². The molecule has 1 aliphatic rings. The van der Waals surface area contributed by atoms with Crippen LogP contribution in [0.5, 0.6) is 5.88 Å². The van der Waals surface area contributed by atoms with Gasteiger partial charge in [0, 0.05) is 11.8 Å². The molecule has 0 aliphatic carbocycles. The van der Waals surface area contributed by atoms with E-state index in [-0.39, 0.29) is 0 Å². The minimum Gasteiger partial charge on any atom is -0.474 e. The highest BCUT2D eigenvalue weighted by Gasteiger charge is 2.15. The molecule has 2 rings (SSSR count). The summed E-state index contributed by atoms with van der Waals surface area (Å²) >= 11 is 0. The first kappa shape index (κ1) is 6.65. The van der Waals surface area contributed by atoms with Gasteiger partial charge in [0.25, 0.3) is 0 Å². The topological polar surface area (TPSA) is 22.1 Å². The number of ether oxygens (including phenoxy) is 1. The standard InChI is InChI=1S/C9H11NO/c1-7-4-5-8-3-2-6-10-9(8)11-7/h2-3,6-7H,4-5H2,1H3. The van der Waals surface area contributed by atoms with Crippen LogP contribution in [-0.2, 0) is 6.42 Å². The number of nitrogens with zero attached hydrogens (tertiary/aromatic N) is 1. The second kappa shape index (κ2) is 2.53. The summed E-state index contributed by atoms with van der Waals surface area (Å²) in [5.74, 6) is 0.825. The molecular formula is C9H11NO. The maximum atomic E-state index is 5.52. The Bertz CT molecular complexity index is 259. The lowest BCUT2D eigenvalue weighted by Gasteiger charge is -2.21. The molecule has 2 nitrogen and oxygen atoms in total. The van der Waals surface area contributed by atoms with E-state index in [9.17, 15) is 0 Å². The lowest BCUT2D eigenvalue weighted by molar-refractivity contribution is 0.183. The molecule has 1 aromatic rings. The average Bonchev–Trinajstić information content (AvgIpc) is 2.04. The third kappa shape index (κ3) is 1.20. The Morgan fingerprint density at radius 2 is 2.55 bits per heavy atom. The van der Waals surface area contributed by atoms with Gasteiger partial charge in [0.05, 0.1) is 6.10 Å². The van der Waals surface area contributed by atoms with Gasteiger partial charge in [-0.15, -0.1) is 0 Å². The number of pyridine rings is 1. The van der Waals surface area contributed by atoms with Gasteiger partial charge in [-0.25, -0.2) is 4.98 Å². The van der Waals surface area contributed by atoms with Crippen molar-refractivity contribution in [2.24, 2.45) is 0 Å². The number of aryl methyl sites for hydroxylation is 1. The summed E-state index contributed by atoms with van der Waals surface area (Å²) in [4.78, 5) is 4.15. The van der Waals surface area contributed by atoms with E-state index in [2.05, 4.69) is 18.0 Å². The van der Waals surface area contributed by atoms with Gasteiger partial charge in [0.2, 0.25) is 5.88 Å². The van der Waals surface area contributed by atoms with Crippen molar-refractivity contribution in [1.82, 2.24) is 4.98 Å². The van der Waals surface area contributed by atoms with Gasteiger partial charge >= 0.3 is 0 Å². The Morgan fingerprint density at radius 3 is 3.45 bits per heavy atom. The van der Waals surface area contributed by atoms with Crippen LogP contribution in [0.15, 0.2) is 18.3 Å². The molecule has 0 aromatic carbocycles. The highest BCUT2D eigenvalue weighted by Crippen LogP contribution is 2.23. The highest BCUT2D eigenvalue weighted by atomic mass is 16.5. The van der Waals surface area contributed by atoms with Gasteiger partial charge in [-0.3, -0.25) is 0 Å². The molecule has 1 unspecified atom stereocenters. The van der Waals surface area contributed by atoms with E-state index in [1.165, 1.54) is 5.56 Å². The molecule has 1 aromatic heterocycles. The number of rotatable bonds is 0. The van der Waals surface area contributed by atoms with Gasteiger partial charge in [-0.2, -0.15) is 0 Å². The molecule has 0 saturated heterocycles. The molecule has 58 valence electrons. The van der Waals surface area contributed by atoms with E-state index in [4.69, 9.17) is 4.74 Å². The Labute approximate surface area is 66.2 Å². The van der Waals surface area contributed by atoms with Crippen molar-refractivity contribution in [3.63, 3.8) is 0 Å². The summed E-state index contributed by atoms with van der Waals surface area (Å²) in [6.07, 6.45) is 4.32. The third-order valence-corrected chi connectivity index (χ3v) is 1.98. The second-order valence-corrected chi connectivity index (χ2v) is 2.93. The molecule has 0 fully saturated rings. The quantitative estimate of drug-likeness (QED) is 0.561. The number of aromatic nitrogens is 1. The largest absolute Gasteiger partial charge is 0.474 e. The maximum Gasteiger partial charge on any atom is 0.216 e. The molecule has 1 aliphatic heterocycles. The first-order chi connectivity index (χ1) is 5.36. The van der Waals surface area contributed by atoms with Crippen LogP contribution in [0.1, 0.15) is 18.9 Å². The van der Waals surface area contributed by atoms with E-state index < -0.39 is 0 Å². The molecule has 1 atom stereocenters. The van der Waals surface area contributed by atoms with Gasteiger partial charge < -0.3 is 4.74 Å². The Morgan fingerprint density at radius 1 is 1.64 bits per heavy atom.